The van der Waals surface area contributed by atoms with Crippen LogP contribution in [0.25, 0.3) is 5.70 Å². The number of likely N-dealkylation sites (N-methyl/N-ethyl adjacent to an activating group) is 1. The first-order valence-electron chi connectivity index (χ1n) is 5.77. The molecule has 0 fully saturated rings. The summed E-state index contributed by atoms with van der Waals surface area (Å²) in [6, 6.07) is 3.55. The predicted molar refractivity (Wildman–Crippen MR) is 68.3 cm³/mol. The minimum Gasteiger partial charge on any atom is -0.376 e. The summed E-state index contributed by atoms with van der Waals surface area (Å²) in [6.45, 7) is 8.50. The molecule has 0 saturated heterocycles. The first-order valence-corrected chi connectivity index (χ1v) is 5.77. The zero-order valence-electron chi connectivity index (χ0n) is 11.0. The topological polar surface area (TPSA) is 3.24 Å². The number of rotatable bonds is 2. The molecule has 1 heterocycles. The standard InChI is InChI=1S/C15H14F2N.Y/c1-4-18-11(3)10(2)5-8-15(18)13-7-6-12(16)9-14(13)17;/h5-7,9H,3-4H2,1-2H3;/q-1;. The second-order valence-electron chi connectivity index (χ2n) is 4.14. The molecule has 0 unspecified atom stereocenters. The largest absolute Gasteiger partial charge is 0.376 e. The molecule has 0 aliphatic carbocycles. The summed E-state index contributed by atoms with van der Waals surface area (Å²) in [5.41, 5.74) is 2.73. The number of nitrogens with zero attached hydrogens (tertiary/aromatic N) is 1. The molecule has 1 aliphatic rings. The number of hydrogen-bond donors (Lipinski definition) is 0. The van der Waals surface area contributed by atoms with E-state index in [1.165, 1.54) is 12.1 Å². The molecular weight excluding hydrogens is 321 g/mol. The summed E-state index contributed by atoms with van der Waals surface area (Å²) in [7, 11) is 0. The zero-order chi connectivity index (χ0) is 13.3. The van der Waals surface area contributed by atoms with E-state index in [0.29, 0.717) is 17.8 Å². The van der Waals surface area contributed by atoms with Gasteiger partial charge in [0, 0.05) is 39.3 Å². The average Bonchev–Trinajstić information content (AvgIpc) is 2.33. The molecule has 1 nitrogen and oxygen atoms in total. The maximum atomic E-state index is 13.8. The van der Waals surface area contributed by atoms with Crippen molar-refractivity contribution in [1.82, 2.24) is 4.90 Å². The molecule has 2 rings (SSSR count). The molecule has 0 saturated carbocycles. The smallest absolute Gasteiger partial charge is 0.124 e. The van der Waals surface area contributed by atoms with Crippen molar-refractivity contribution < 1.29 is 41.5 Å². The van der Waals surface area contributed by atoms with E-state index in [1.807, 2.05) is 18.7 Å². The maximum Gasteiger partial charge on any atom is 0.124 e. The Morgan fingerprint density at radius 2 is 2.00 bits per heavy atom. The number of halogens is 2. The summed E-state index contributed by atoms with van der Waals surface area (Å²) in [5, 5.41) is 0. The molecular formula is C15H14F2NY-. The van der Waals surface area contributed by atoms with Gasteiger partial charge >= 0.3 is 0 Å². The first-order chi connectivity index (χ1) is 8.54. The minimum absolute atomic E-state index is 0. The molecule has 4 heteroatoms. The van der Waals surface area contributed by atoms with Gasteiger partial charge < -0.3 is 4.90 Å². The third-order valence-electron chi connectivity index (χ3n) is 2.98. The molecule has 1 radical (unpaired) electrons. The molecule has 0 atom stereocenters. The van der Waals surface area contributed by atoms with Gasteiger partial charge in [0.05, 0.1) is 5.82 Å². The van der Waals surface area contributed by atoms with E-state index in [9.17, 15) is 8.78 Å². The van der Waals surface area contributed by atoms with Crippen LogP contribution in [0, 0.1) is 17.7 Å². The van der Waals surface area contributed by atoms with Gasteiger partial charge in [-0.2, -0.15) is 12.2 Å². The van der Waals surface area contributed by atoms with Crippen LogP contribution in [0.5, 0.6) is 0 Å². The fourth-order valence-electron chi connectivity index (χ4n) is 1.94. The summed E-state index contributed by atoms with van der Waals surface area (Å²) in [6.07, 6.45) is 4.80. The van der Waals surface area contributed by atoms with Crippen molar-refractivity contribution in [3.05, 3.63) is 65.4 Å². The van der Waals surface area contributed by atoms with E-state index in [0.717, 1.165) is 17.3 Å². The van der Waals surface area contributed by atoms with Gasteiger partial charge in [-0.05, 0) is 24.8 Å². The van der Waals surface area contributed by atoms with Crippen molar-refractivity contribution >= 4 is 5.70 Å². The van der Waals surface area contributed by atoms with Crippen LogP contribution in [0.2, 0.25) is 0 Å². The van der Waals surface area contributed by atoms with Crippen LogP contribution in [0.3, 0.4) is 0 Å². The summed E-state index contributed by atoms with van der Waals surface area (Å²) in [4.78, 5) is 1.87. The molecule has 0 amide bonds. The number of benzene rings is 1. The Kier molecular flexibility index (Phi) is 5.63. The Hall–Kier alpha value is -0.796. The second-order valence-corrected chi connectivity index (χ2v) is 4.14. The van der Waals surface area contributed by atoms with E-state index >= 15 is 0 Å². The van der Waals surface area contributed by atoms with Crippen LogP contribution in [0.4, 0.5) is 8.78 Å². The van der Waals surface area contributed by atoms with Crippen molar-refractivity contribution in [3.8, 4) is 0 Å². The third kappa shape index (κ3) is 3.21. The second kappa shape index (κ2) is 6.58. The molecule has 0 aromatic heterocycles. The molecule has 0 N–H and O–H groups in total. The van der Waals surface area contributed by atoms with Crippen LogP contribution in [0.1, 0.15) is 19.4 Å². The van der Waals surface area contributed by atoms with E-state index < -0.39 is 11.6 Å². The van der Waals surface area contributed by atoms with Crippen molar-refractivity contribution in [2.24, 2.45) is 0 Å². The Morgan fingerprint density at radius 3 is 2.58 bits per heavy atom. The van der Waals surface area contributed by atoms with Crippen LogP contribution in [-0.4, -0.2) is 11.4 Å². The van der Waals surface area contributed by atoms with Gasteiger partial charge in [-0.25, -0.2) is 8.78 Å². The molecule has 0 bridgehead atoms. The summed E-state index contributed by atoms with van der Waals surface area (Å²) in [5.74, 6) is -1.17. The third-order valence-corrected chi connectivity index (χ3v) is 2.98. The monoisotopic (exact) mass is 335 g/mol. The van der Waals surface area contributed by atoms with E-state index in [2.05, 4.69) is 12.7 Å². The molecule has 0 spiro atoms. The van der Waals surface area contributed by atoms with Gasteiger partial charge in [0.2, 0.25) is 0 Å². The van der Waals surface area contributed by atoms with Gasteiger partial charge in [0.1, 0.15) is 5.82 Å². The average molecular weight is 335 g/mol. The fourth-order valence-corrected chi connectivity index (χ4v) is 1.94. The Balaban J connectivity index is 0.00000180. The van der Waals surface area contributed by atoms with Gasteiger partial charge in [-0.3, -0.25) is 0 Å². The van der Waals surface area contributed by atoms with Crippen LogP contribution < -0.4 is 0 Å². The molecule has 1 aromatic rings. The van der Waals surface area contributed by atoms with Crippen LogP contribution >= 0.6 is 0 Å². The number of hydrogen-bond acceptors (Lipinski definition) is 1. The van der Waals surface area contributed by atoms with Crippen LogP contribution in [0.15, 0.2) is 42.1 Å². The normalized spacial score (nSPS) is 14.7. The Morgan fingerprint density at radius 1 is 1.32 bits per heavy atom. The van der Waals surface area contributed by atoms with Crippen LogP contribution in [-0.2, 0) is 32.7 Å². The van der Waals surface area contributed by atoms with Crippen molar-refractivity contribution in [2.45, 2.75) is 13.8 Å². The van der Waals surface area contributed by atoms with Gasteiger partial charge in [0.15, 0.2) is 0 Å². The predicted octanol–water partition coefficient (Wildman–Crippen LogP) is 3.90. The van der Waals surface area contributed by atoms with E-state index in [4.69, 9.17) is 0 Å². The first kappa shape index (κ1) is 16.3. The fraction of sp³-hybridized carbons (Fsp3) is 0.200. The molecule has 1 aromatic carbocycles. The molecule has 97 valence electrons. The summed E-state index contributed by atoms with van der Waals surface area (Å²) >= 11 is 0. The van der Waals surface area contributed by atoms with Gasteiger partial charge in [-0.1, -0.05) is 24.8 Å². The molecule has 1 aliphatic heterocycles. The van der Waals surface area contributed by atoms with E-state index in [-0.39, 0.29) is 32.7 Å². The SMILES string of the molecule is C=C1C(C)=C[C-]=C(c2ccc(F)cc2F)N1CC.[Y]. The van der Waals surface area contributed by atoms with Crippen molar-refractivity contribution in [2.75, 3.05) is 6.54 Å². The van der Waals surface area contributed by atoms with E-state index in [1.54, 1.807) is 6.08 Å². The quantitative estimate of drug-likeness (QED) is 0.741. The van der Waals surface area contributed by atoms with Crippen molar-refractivity contribution in [1.29, 1.82) is 0 Å². The van der Waals surface area contributed by atoms with Crippen molar-refractivity contribution in [3.63, 3.8) is 0 Å². The minimum atomic E-state index is -0.586. The Bertz CT molecular complexity index is 561. The zero-order valence-corrected chi connectivity index (χ0v) is 13.8. The number of allylic oxidation sites excluding steroid dienone is 3. The van der Waals surface area contributed by atoms with Gasteiger partial charge in [-0.15, -0.1) is 11.6 Å². The maximum absolute atomic E-state index is 13.8. The summed E-state index contributed by atoms with van der Waals surface area (Å²) < 4.78 is 26.7. The molecule has 19 heavy (non-hydrogen) atoms. The van der Waals surface area contributed by atoms with Gasteiger partial charge in [0.25, 0.3) is 0 Å². The Labute approximate surface area is 137 Å².